The lowest BCUT2D eigenvalue weighted by Crippen LogP contribution is -2.29. The third kappa shape index (κ3) is 5.46. The zero-order chi connectivity index (χ0) is 15.8. The highest BCUT2D eigenvalue weighted by molar-refractivity contribution is 8.01. The van der Waals surface area contributed by atoms with E-state index in [0.717, 1.165) is 9.47 Å². The first-order valence-corrected chi connectivity index (χ1v) is 9.33. The van der Waals surface area contributed by atoms with Gasteiger partial charge in [-0.15, -0.1) is 10.2 Å². The van der Waals surface area contributed by atoms with Crippen LogP contribution in [-0.2, 0) is 4.79 Å². The van der Waals surface area contributed by atoms with E-state index in [4.69, 9.17) is 5.26 Å². The van der Waals surface area contributed by atoms with Gasteiger partial charge in [0.15, 0.2) is 4.34 Å². The number of hydrogen-bond donors (Lipinski definition) is 1. The lowest BCUT2D eigenvalue weighted by Gasteiger charge is -2.21. The average molecular weight is 339 g/mol. The van der Waals surface area contributed by atoms with Gasteiger partial charge in [0.2, 0.25) is 11.0 Å². The van der Waals surface area contributed by atoms with Crippen LogP contribution < -0.4 is 5.32 Å². The Morgan fingerprint density at radius 2 is 2.23 bits per heavy atom. The molecule has 120 valence electrons. The van der Waals surface area contributed by atoms with Crippen molar-refractivity contribution in [3.63, 3.8) is 0 Å². The first-order valence-electron chi connectivity index (χ1n) is 7.53. The van der Waals surface area contributed by atoms with Gasteiger partial charge in [-0.2, -0.15) is 5.26 Å². The highest BCUT2D eigenvalue weighted by Crippen LogP contribution is 2.28. The van der Waals surface area contributed by atoms with E-state index in [1.807, 2.05) is 6.07 Å². The minimum atomic E-state index is 0.0113. The van der Waals surface area contributed by atoms with Crippen molar-refractivity contribution in [3.8, 4) is 6.07 Å². The number of hydrogen-bond acceptors (Lipinski definition) is 7. The quantitative estimate of drug-likeness (QED) is 0.769. The van der Waals surface area contributed by atoms with Gasteiger partial charge in [0.05, 0.1) is 18.2 Å². The van der Waals surface area contributed by atoms with E-state index in [0.29, 0.717) is 24.8 Å². The van der Waals surface area contributed by atoms with E-state index < -0.39 is 0 Å². The maximum absolute atomic E-state index is 11.9. The van der Waals surface area contributed by atoms with E-state index in [-0.39, 0.29) is 5.91 Å². The monoisotopic (exact) mass is 339 g/mol. The zero-order valence-electron chi connectivity index (χ0n) is 12.7. The van der Waals surface area contributed by atoms with E-state index in [1.165, 1.54) is 55.2 Å². The molecule has 0 saturated heterocycles. The van der Waals surface area contributed by atoms with Crippen LogP contribution in [0.3, 0.4) is 0 Å². The Hall–Kier alpha value is -1.33. The fraction of sp³-hybridized carbons (Fsp3) is 0.714. The van der Waals surface area contributed by atoms with Crippen LogP contribution in [0.25, 0.3) is 0 Å². The van der Waals surface area contributed by atoms with Crippen molar-refractivity contribution in [1.29, 1.82) is 5.26 Å². The lowest BCUT2D eigenvalue weighted by molar-refractivity contribution is -0.127. The summed E-state index contributed by atoms with van der Waals surface area (Å²) in [5.74, 6) is 0.345. The highest BCUT2D eigenvalue weighted by Gasteiger charge is 2.16. The molecule has 8 heteroatoms. The van der Waals surface area contributed by atoms with Gasteiger partial charge in [-0.1, -0.05) is 42.4 Å². The molecule has 1 saturated carbocycles. The van der Waals surface area contributed by atoms with Gasteiger partial charge in [-0.3, -0.25) is 4.79 Å². The maximum Gasteiger partial charge on any atom is 0.232 e. The van der Waals surface area contributed by atoms with Gasteiger partial charge in [-0.25, -0.2) is 0 Å². The molecular weight excluding hydrogens is 318 g/mol. The molecule has 22 heavy (non-hydrogen) atoms. The van der Waals surface area contributed by atoms with Gasteiger partial charge in [0, 0.05) is 19.6 Å². The van der Waals surface area contributed by atoms with Crippen molar-refractivity contribution in [2.45, 2.75) is 48.9 Å². The SMILES string of the molecule is CN(CCC#N)C(=O)CSc1nnc(NC2CCCCC2)s1. The summed E-state index contributed by atoms with van der Waals surface area (Å²) in [4.78, 5) is 13.5. The molecule has 0 aromatic carbocycles. The van der Waals surface area contributed by atoms with Crippen LogP contribution in [0.2, 0.25) is 0 Å². The molecule has 2 rings (SSSR count). The number of aromatic nitrogens is 2. The number of nitrogens with one attached hydrogen (secondary N) is 1. The normalized spacial score (nSPS) is 15.3. The van der Waals surface area contributed by atoms with Gasteiger partial charge in [0.1, 0.15) is 0 Å². The largest absolute Gasteiger partial charge is 0.357 e. The third-order valence-corrected chi connectivity index (χ3v) is 5.62. The number of nitrogens with zero attached hydrogens (tertiary/aromatic N) is 4. The molecule has 0 spiro atoms. The molecule has 1 N–H and O–H groups in total. The maximum atomic E-state index is 11.9. The number of amides is 1. The Kier molecular flexibility index (Phi) is 6.93. The van der Waals surface area contributed by atoms with Crippen LogP contribution in [0.5, 0.6) is 0 Å². The van der Waals surface area contributed by atoms with Crippen molar-refractivity contribution in [1.82, 2.24) is 15.1 Å². The molecular formula is C14H21N5OS2. The first-order chi connectivity index (χ1) is 10.7. The van der Waals surface area contributed by atoms with E-state index >= 15 is 0 Å². The van der Waals surface area contributed by atoms with Gasteiger partial charge in [-0.05, 0) is 12.8 Å². The minimum Gasteiger partial charge on any atom is -0.357 e. The summed E-state index contributed by atoms with van der Waals surface area (Å²) < 4.78 is 0.806. The van der Waals surface area contributed by atoms with Gasteiger partial charge < -0.3 is 10.2 Å². The van der Waals surface area contributed by atoms with Crippen molar-refractivity contribution < 1.29 is 4.79 Å². The Morgan fingerprint density at radius 1 is 1.45 bits per heavy atom. The molecule has 0 atom stereocenters. The van der Waals surface area contributed by atoms with Gasteiger partial charge in [0.25, 0.3) is 0 Å². The number of thioether (sulfide) groups is 1. The predicted octanol–water partition coefficient (Wildman–Crippen LogP) is 2.75. The summed E-state index contributed by atoms with van der Waals surface area (Å²) >= 11 is 2.91. The molecule has 1 fully saturated rings. The Morgan fingerprint density at radius 3 is 2.95 bits per heavy atom. The number of anilines is 1. The summed E-state index contributed by atoms with van der Waals surface area (Å²) in [6, 6.07) is 2.55. The molecule has 1 aromatic heterocycles. The summed E-state index contributed by atoms with van der Waals surface area (Å²) in [7, 11) is 1.72. The molecule has 0 radical (unpaired) electrons. The van der Waals surface area contributed by atoms with E-state index in [9.17, 15) is 4.79 Å². The second-order valence-electron chi connectivity index (χ2n) is 5.36. The number of carbonyl (C=O) groups excluding carboxylic acids is 1. The van der Waals surface area contributed by atoms with Crippen LogP contribution in [0.15, 0.2) is 4.34 Å². The molecule has 0 unspecified atom stereocenters. The fourth-order valence-corrected chi connectivity index (χ4v) is 4.09. The van der Waals surface area contributed by atoms with Crippen LogP contribution in [-0.4, -0.2) is 46.4 Å². The van der Waals surface area contributed by atoms with Crippen molar-refractivity contribution in [2.24, 2.45) is 0 Å². The topological polar surface area (TPSA) is 81.9 Å². The first kappa shape index (κ1) is 17.0. The molecule has 1 aromatic rings. The molecule has 0 bridgehead atoms. The number of nitriles is 1. The smallest absolute Gasteiger partial charge is 0.232 e. The second kappa shape index (κ2) is 8.96. The molecule has 1 amide bonds. The van der Waals surface area contributed by atoms with Crippen LogP contribution >= 0.6 is 23.1 Å². The lowest BCUT2D eigenvalue weighted by atomic mass is 9.96. The van der Waals surface area contributed by atoms with Crippen LogP contribution in [0.1, 0.15) is 38.5 Å². The van der Waals surface area contributed by atoms with Crippen molar-refractivity contribution in [3.05, 3.63) is 0 Å². The summed E-state index contributed by atoms with van der Waals surface area (Å²) in [5, 5.41) is 21.1. The van der Waals surface area contributed by atoms with Crippen molar-refractivity contribution in [2.75, 3.05) is 24.7 Å². The summed E-state index contributed by atoms with van der Waals surface area (Å²) in [5.41, 5.74) is 0. The second-order valence-corrected chi connectivity index (χ2v) is 7.56. The molecule has 0 aliphatic heterocycles. The Labute approximate surface area is 139 Å². The number of carbonyl (C=O) groups is 1. The Balaban J connectivity index is 1.74. The number of rotatable bonds is 7. The fourth-order valence-electron chi connectivity index (χ4n) is 2.32. The summed E-state index contributed by atoms with van der Waals surface area (Å²) in [6.45, 7) is 0.473. The van der Waals surface area contributed by atoms with Crippen LogP contribution in [0.4, 0.5) is 5.13 Å². The standard InChI is InChI=1S/C14H21N5OS2/c1-19(9-5-8-15)12(20)10-21-14-18-17-13(22-14)16-11-6-3-2-4-7-11/h11H,2-7,9-10H2,1H3,(H,16,17). The summed E-state index contributed by atoms with van der Waals surface area (Å²) in [6.07, 6.45) is 6.65. The van der Waals surface area contributed by atoms with E-state index in [2.05, 4.69) is 15.5 Å². The third-order valence-electron chi connectivity index (χ3n) is 3.64. The van der Waals surface area contributed by atoms with Crippen LogP contribution in [0, 0.1) is 11.3 Å². The molecule has 1 aliphatic carbocycles. The minimum absolute atomic E-state index is 0.0113. The van der Waals surface area contributed by atoms with E-state index in [1.54, 1.807) is 11.9 Å². The Bertz CT molecular complexity index is 522. The zero-order valence-corrected chi connectivity index (χ0v) is 14.4. The van der Waals surface area contributed by atoms with Crippen molar-refractivity contribution >= 4 is 34.1 Å². The predicted molar refractivity (Wildman–Crippen MR) is 89.0 cm³/mol. The molecule has 1 aliphatic rings. The van der Waals surface area contributed by atoms with Gasteiger partial charge >= 0.3 is 0 Å². The molecule has 6 nitrogen and oxygen atoms in total. The molecule has 1 heterocycles. The average Bonchev–Trinajstić information content (AvgIpc) is 2.98. The highest BCUT2D eigenvalue weighted by atomic mass is 32.2.